The molecule has 9 nitrogen and oxygen atoms in total. The lowest BCUT2D eigenvalue weighted by atomic mass is 9.83. The SMILES string of the molecule is COC(=O)[C@@H]1C[C@@H](OCCCOCc2ccccc2)CN1C(=O)[C@@H](NC(=O)CCc1ccc(O)cc1)C1CCCCC1. The van der Waals surface area contributed by atoms with Crippen molar-refractivity contribution >= 4 is 17.8 Å². The maximum absolute atomic E-state index is 14.0. The summed E-state index contributed by atoms with van der Waals surface area (Å²) in [5, 5.41) is 12.5. The molecule has 1 aliphatic heterocycles. The highest BCUT2D eigenvalue weighted by Gasteiger charge is 2.44. The van der Waals surface area contributed by atoms with Crippen LogP contribution in [-0.4, -0.2) is 72.8 Å². The minimum absolute atomic E-state index is 0.0175. The summed E-state index contributed by atoms with van der Waals surface area (Å²) < 4.78 is 16.9. The van der Waals surface area contributed by atoms with Crippen molar-refractivity contribution < 1.29 is 33.7 Å². The highest BCUT2D eigenvalue weighted by Crippen LogP contribution is 2.30. The monoisotopic (exact) mass is 580 g/mol. The molecule has 0 bridgehead atoms. The van der Waals surface area contributed by atoms with Gasteiger partial charge in [-0.05, 0) is 54.9 Å². The number of methoxy groups -OCH3 is 1. The molecule has 0 aromatic heterocycles. The van der Waals surface area contributed by atoms with Crippen molar-refractivity contribution in [1.82, 2.24) is 10.2 Å². The summed E-state index contributed by atoms with van der Waals surface area (Å²) in [6, 6.07) is 15.3. The number of phenols is 1. The number of hydrogen-bond donors (Lipinski definition) is 2. The van der Waals surface area contributed by atoms with Gasteiger partial charge < -0.3 is 29.5 Å². The van der Waals surface area contributed by atoms with Crippen LogP contribution in [0.3, 0.4) is 0 Å². The van der Waals surface area contributed by atoms with Crippen molar-refractivity contribution in [3.63, 3.8) is 0 Å². The summed E-state index contributed by atoms with van der Waals surface area (Å²) in [6.07, 6.45) is 6.32. The first kappa shape index (κ1) is 31.5. The van der Waals surface area contributed by atoms with E-state index in [1.54, 1.807) is 29.2 Å². The van der Waals surface area contributed by atoms with Crippen molar-refractivity contribution in [3.8, 4) is 5.75 Å². The number of hydrogen-bond acceptors (Lipinski definition) is 7. The van der Waals surface area contributed by atoms with Gasteiger partial charge in [-0.25, -0.2) is 4.79 Å². The number of likely N-dealkylation sites (tertiary alicyclic amines) is 1. The van der Waals surface area contributed by atoms with Crippen LogP contribution < -0.4 is 5.32 Å². The summed E-state index contributed by atoms with van der Waals surface area (Å²) in [5.74, 6) is -0.724. The van der Waals surface area contributed by atoms with E-state index in [0.29, 0.717) is 39.1 Å². The topological polar surface area (TPSA) is 114 Å². The molecule has 2 aromatic rings. The van der Waals surface area contributed by atoms with E-state index < -0.39 is 18.1 Å². The van der Waals surface area contributed by atoms with Crippen LogP contribution in [0.2, 0.25) is 0 Å². The number of esters is 1. The Morgan fingerprint density at radius 1 is 0.976 bits per heavy atom. The summed E-state index contributed by atoms with van der Waals surface area (Å²) in [5.41, 5.74) is 2.04. The Bertz CT molecular complexity index is 1130. The maximum atomic E-state index is 14.0. The van der Waals surface area contributed by atoms with Crippen molar-refractivity contribution in [1.29, 1.82) is 0 Å². The van der Waals surface area contributed by atoms with Crippen molar-refractivity contribution in [2.24, 2.45) is 5.92 Å². The molecule has 0 unspecified atom stereocenters. The minimum atomic E-state index is -0.748. The Morgan fingerprint density at radius 3 is 2.43 bits per heavy atom. The lowest BCUT2D eigenvalue weighted by Crippen LogP contribution is -2.55. The molecule has 2 N–H and O–H groups in total. The number of aromatic hydroxyl groups is 1. The fourth-order valence-corrected chi connectivity index (χ4v) is 5.89. The molecular weight excluding hydrogens is 536 g/mol. The largest absolute Gasteiger partial charge is 0.508 e. The molecule has 2 fully saturated rings. The third kappa shape index (κ3) is 9.29. The van der Waals surface area contributed by atoms with Crippen LogP contribution in [0.4, 0.5) is 0 Å². The summed E-state index contributed by atoms with van der Waals surface area (Å²) in [4.78, 5) is 41.4. The number of nitrogens with one attached hydrogen (secondary N) is 1. The molecule has 2 aromatic carbocycles. The number of benzene rings is 2. The first-order chi connectivity index (χ1) is 20.4. The van der Waals surface area contributed by atoms with Crippen LogP contribution in [0.15, 0.2) is 54.6 Å². The van der Waals surface area contributed by atoms with Crippen molar-refractivity contribution in [2.75, 3.05) is 26.9 Å². The van der Waals surface area contributed by atoms with E-state index in [2.05, 4.69) is 5.32 Å². The zero-order valence-corrected chi connectivity index (χ0v) is 24.5. The third-order valence-corrected chi connectivity index (χ3v) is 8.20. The van der Waals surface area contributed by atoms with Gasteiger partial charge in [-0.1, -0.05) is 61.7 Å². The molecule has 2 aliphatic rings. The van der Waals surface area contributed by atoms with Gasteiger partial charge in [-0.15, -0.1) is 0 Å². The minimum Gasteiger partial charge on any atom is -0.508 e. The van der Waals surface area contributed by atoms with E-state index in [-0.39, 0.29) is 42.6 Å². The predicted octanol–water partition coefficient (Wildman–Crippen LogP) is 4.16. The van der Waals surface area contributed by atoms with E-state index in [1.807, 2.05) is 30.3 Å². The third-order valence-electron chi connectivity index (χ3n) is 8.20. The Labute approximate surface area is 248 Å². The molecule has 228 valence electrons. The number of carbonyl (C=O) groups is 3. The molecule has 1 saturated heterocycles. The van der Waals surface area contributed by atoms with Crippen LogP contribution in [-0.2, 0) is 41.6 Å². The van der Waals surface area contributed by atoms with E-state index in [9.17, 15) is 19.5 Å². The van der Waals surface area contributed by atoms with Gasteiger partial charge in [0.15, 0.2) is 0 Å². The standard InChI is InChI=1S/C33H44N2O7/c1-40-33(39)29-21-28(42-20-8-19-41-23-25-9-4-2-5-10-25)22-35(29)32(38)31(26-11-6-3-7-12-26)34-30(37)18-15-24-13-16-27(36)17-14-24/h2,4-5,9-10,13-14,16-17,26,28-29,31,36H,3,6-8,11-12,15,18-23H2,1H3,(H,34,37)/t28-,29+,31+/m1/s1. The van der Waals surface area contributed by atoms with Gasteiger partial charge in [0, 0.05) is 32.6 Å². The molecule has 0 radical (unpaired) electrons. The second-order valence-electron chi connectivity index (χ2n) is 11.3. The average molecular weight is 581 g/mol. The van der Waals surface area contributed by atoms with Crippen LogP contribution in [0.25, 0.3) is 0 Å². The van der Waals surface area contributed by atoms with Crippen LogP contribution in [0, 0.1) is 5.92 Å². The van der Waals surface area contributed by atoms with Crippen molar-refractivity contribution in [3.05, 3.63) is 65.7 Å². The smallest absolute Gasteiger partial charge is 0.328 e. The molecule has 1 aliphatic carbocycles. The molecule has 4 rings (SSSR count). The van der Waals surface area contributed by atoms with Crippen LogP contribution in [0.5, 0.6) is 5.75 Å². The Hall–Kier alpha value is -3.43. The van der Waals surface area contributed by atoms with E-state index in [4.69, 9.17) is 14.2 Å². The second-order valence-corrected chi connectivity index (χ2v) is 11.3. The predicted molar refractivity (Wildman–Crippen MR) is 158 cm³/mol. The average Bonchev–Trinajstić information content (AvgIpc) is 3.45. The number of nitrogens with zero attached hydrogens (tertiary/aromatic N) is 1. The quantitative estimate of drug-likeness (QED) is 0.255. The molecule has 1 saturated carbocycles. The molecule has 3 atom stereocenters. The highest BCUT2D eigenvalue weighted by atomic mass is 16.5. The van der Waals surface area contributed by atoms with Gasteiger partial charge >= 0.3 is 5.97 Å². The lowest BCUT2D eigenvalue weighted by Gasteiger charge is -2.34. The van der Waals surface area contributed by atoms with Gasteiger partial charge in [-0.3, -0.25) is 9.59 Å². The zero-order chi connectivity index (χ0) is 29.7. The second kappa shape index (κ2) is 16.3. The fourth-order valence-electron chi connectivity index (χ4n) is 5.89. The number of amides is 2. The molecule has 42 heavy (non-hydrogen) atoms. The molecule has 9 heteroatoms. The number of carbonyl (C=O) groups excluding carboxylic acids is 3. The van der Waals surface area contributed by atoms with Gasteiger partial charge in [-0.2, -0.15) is 0 Å². The van der Waals surface area contributed by atoms with E-state index >= 15 is 0 Å². The maximum Gasteiger partial charge on any atom is 0.328 e. The Balaban J connectivity index is 1.33. The molecular formula is C33H44N2O7. The highest BCUT2D eigenvalue weighted by molar-refractivity contribution is 5.91. The number of ether oxygens (including phenoxy) is 3. The normalized spacial score (nSPS) is 19.8. The first-order valence-corrected chi connectivity index (χ1v) is 15.1. The summed E-state index contributed by atoms with van der Waals surface area (Å²) in [7, 11) is 1.33. The first-order valence-electron chi connectivity index (χ1n) is 15.1. The van der Waals surface area contributed by atoms with Gasteiger partial charge in [0.1, 0.15) is 17.8 Å². The number of aryl methyl sites for hydroxylation is 1. The van der Waals surface area contributed by atoms with E-state index in [1.165, 1.54) is 7.11 Å². The Kier molecular flexibility index (Phi) is 12.2. The molecule has 0 spiro atoms. The van der Waals surface area contributed by atoms with Crippen LogP contribution >= 0.6 is 0 Å². The van der Waals surface area contributed by atoms with Crippen LogP contribution in [0.1, 0.15) is 62.5 Å². The number of phenolic OH excluding ortho intramolecular Hbond substituents is 1. The van der Waals surface area contributed by atoms with Gasteiger partial charge in [0.25, 0.3) is 0 Å². The lowest BCUT2D eigenvalue weighted by molar-refractivity contribution is -0.152. The summed E-state index contributed by atoms with van der Waals surface area (Å²) >= 11 is 0. The summed E-state index contributed by atoms with van der Waals surface area (Å²) in [6.45, 7) is 1.82. The fraction of sp³-hybridized carbons (Fsp3) is 0.545. The molecule has 2 amide bonds. The van der Waals surface area contributed by atoms with Gasteiger partial charge in [0.2, 0.25) is 11.8 Å². The van der Waals surface area contributed by atoms with Crippen molar-refractivity contribution in [2.45, 2.75) is 82.6 Å². The zero-order valence-electron chi connectivity index (χ0n) is 24.5. The Morgan fingerprint density at radius 2 is 1.71 bits per heavy atom. The number of rotatable bonds is 14. The van der Waals surface area contributed by atoms with Gasteiger partial charge in [0.05, 0.1) is 19.8 Å². The van der Waals surface area contributed by atoms with E-state index in [0.717, 1.165) is 43.2 Å². The molecule has 1 heterocycles.